The van der Waals surface area contributed by atoms with E-state index in [9.17, 15) is 13.6 Å². The fourth-order valence-corrected chi connectivity index (χ4v) is 1.05. The summed E-state index contributed by atoms with van der Waals surface area (Å²) in [4.78, 5) is 10.1. The molecule has 0 radical (unpaired) electrons. The highest BCUT2D eigenvalue weighted by molar-refractivity contribution is 7.71. The standard InChI is InChI=1S/C3H2F2O2.C3H2O3.2C3H2O2S/c4-3(5)6-1-2-7-3;4-3-5-1-2-6-3;2*6-3-4-1-2-5-3/h1-2H;3*1-2H. The van der Waals surface area contributed by atoms with Crippen LogP contribution in [0.1, 0.15) is 0 Å². The number of alkyl halides is 2. The summed E-state index contributed by atoms with van der Waals surface area (Å²) in [5.41, 5.74) is 0. The zero-order valence-corrected chi connectivity index (χ0v) is 13.5. The summed E-state index contributed by atoms with van der Waals surface area (Å²) < 4.78 is 56.2. The quantitative estimate of drug-likeness (QED) is 0.499. The molecule has 4 rings (SSSR count). The van der Waals surface area contributed by atoms with Gasteiger partial charge in [-0.05, 0) is 0 Å². The molecule has 0 aromatic carbocycles. The topological polar surface area (TPSA) is 114 Å². The number of hydrogen-bond donors (Lipinski definition) is 0. The SMILES string of the molecule is FC1(F)OC=CO1.O=c1occo1.S=c1occo1.S=c1occo1. The Bertz CT molecular complexity index is 727. The van der Waals surface area contributed by atoms with E-state index < -0.39 is 12.1 Å². The lowest BCUT2D eigenvalue weighted by Gasteiger charge is -2.03. The van der Waals surface area contributed by atoms with Gasteiger partial charge in [0.1, 0.15) is 50.1 Å². The molecule has 0 saturated heterocycles. The maximum Gasteiger partial charge on any atom is 0.585 e. The van der Waals surface area contributed by atoms with E-state index in [0.717, 1.165) is 12.5 Å². The van der Waals surface area contributed by atoms with Crippen molar-refractivity contribution in [3.05, 3.63) is 70.5 Å². The Balaban J connectivity index is 0.000000167. The number of halogens is 2. The summed E-state index contributed by atoms with van der Waals surface area (Å²) >= 11 is 8.82. The van der Waals surface area contributed by atoms with E-state index in [1.807, 2.05) is 0 Å². The molecule has 0 unspecified atom stereocenters. The van der Waals surface area contributed by atoms with Crippen LogP contribution >= 0.6 is 24.4 Å². The fraction of sp³-hybridized carbons (Fsp3) is 0.0833. The van der Waals surface area contributed by atoms with Gasteiger partial charge in [0.15, 0.2) is 0 Å². The predicted molar refractivity (Wildman–Crippen MR) is 77.1 cm³/mol. The summed E-state index contributed by atoms with van der Waals surface area (Å²) in [7, 11) is 0. The first kappa shape index (κ1) is 20.1. The van der Waals surface area contributed by atoms with Crippen molar-refractivity contribution < 1.29 is 44.8 Å². The summed E-state index contributed by atoms with van der Waals surface area (Å²) in [6.07, 6.45) is 6.10. The Morgan fingerprint density at radius 1 is 0.680 bits per heavy atom. The van der Waals surface area contributed by atoms with Gasteiger partial charge in [0.25, 0.3) is 0 Å². The van der Waals surface area contributed by atoms with Crippen LogP contribution in [0.25, 0.3) is 0 Å². The minimum absolute atomic E-state index is 0.176. The Morgan fingerprint density at radius 3 is 1.12 bits per heavy atom. The Morgan fingerprint density at radius 2 is 1.00 bits per heavy atom. The van der Waals surface area contributed by atoms with Crippen molar-refractivity contribution in [2.45, 2.75) is 6.29 Å². The third-order valence-corrected chi connectivity index (χ3v) is 2.00. The molecule has 25 heavy (non-hydrogen) atoms. The lowest BCUT2D eigenvalue weighted by molar-refractivity contribution is -0.329. The third-order valence-electron chi connectivity index (χ3n) is 1.62. The molecule has 0 aliphatic carbocycles. The van der Waals surface area contributed by atoms with Crippen LogP contribution in [0.2, 0.25) is 0 Å². The van der Waals surface area contributed by atoms with Crippen molar-refractivity contribution in [3.63, 3.8) is 0 Å². The largest absolute Gasteiger partial charge is 0.585 e. The second kappa shape index (κ2) is 10.8. The fourth-order valence-electron chi connectivity index (χ4n) is 0.825. The van der Waals surface area contributed by atoms with Gasteiger partial charge in [-0.3, -0.25) is 0 Å². The summed E-state index contributed by atoms with van der Waals surface area (Å²) in [5.74, 6) is -0.657. The summed E-state index contributed by atoms with van der Waals surface area (Å²) in [6, 6.07) is 0. The minimum Gasteiger partial charge on any atom is -0.422 e. The average molecular weight is 398 g/mol. The van der Waals surface area contributed by atoms with Gasteiger partial charge in [-0.25, -0.2) is 4.79 Å². The highest BCUT2D eigenvalue weighted by atomic mass is 32.1. The van der Waals surface area contributed by atoms with E-state index >= 15 is 0 Å². The summed E-state index contributed by atoms with van der Waals surface area (Å²) in [6.45, 7) is 0. The highest BCUT2D eigenvalue weighted by Crippen LogP contribution is 2.21. The van der Waals surface area contributed by atoms with Crippen LogP contribution in [0.4, 0.5) is 8.78 Å². The highest BCUT2D eigenvalue weighted by Gasteiger charge is 2.35. The molecule has 0 spiro atoms. The van der Waals surface area contributed by atoms with Crippen molar-refractivity contribution >= 4 is 24.4 Å². The summed E-state index contributed by atoms with van der Waals surface area (Å²) in [5, 5.41) is 0. The normalized spacial score (nSPS) is 12.9. The zero-order valence-electron chi connectivity index (χ0n) is 11.9. The molecule has 3 aromatic heterocycles. The van der Waals surface area contributed by atoms with Crippen LogP contribution < -0.4 is 5.82 Å². The third kappa shape index (κ3) is 10.5. The van der Waals surface area contributed by atoms with E-state index in [1.54, 1.807) is 0 Å². The molecule has 9 nitrogen and oxygen atoms in total. The van der Waals surface area contributed by atoms with Crippen LogP contribution in [-0.4, -0.2) is 6.29 Å². The molecule has 1 aliphatic heterocycles. The van der Waals surface area contributed by atoms with Crippen LogP contribution in [-0.2, 0) is 9.47 Å². The molecule has 0 N–H and O–H groups in total. The molecular weight excluding hydrogens is 390 g/mol. The van der Waals surface area contributed by atoms with Crippen molar-refractivity contribution in [1.82, 2.24) is 0 Å². The number of rotatable bonds is 0. The maximum atomic E-state index is 11.4. The van der Waals surface area contributed by atoms with Gasteiger partial charge in [-0.15, -0.1) is 8.78 Å². The van der Waals surface area contributed by atoms with Gasteiger partial charge in [0.05, 0.1) is 0 Å². The van der Waals surface area contributed by atoms with E-state index in [1.165, 1.54) is 37.6 Å². The van der Waals surface area contributed by atoms with Crippen LogP contribution in [0.5, 0.6) is 0 Å². The average Bonchev–Trinajstić information content (AvgIpc) is 3.33. The molecular formula is C12H8F2O9S2. The smallest absolute Gasteiger partial charge is 0.422 e. The van der Waals surface area contributed by atoms with Gasteiger partial charge in [-0.1, -0.05) is 0 Å². The van der Waals surface area contributed by atoms with Gasteiger partial charge >= 0.3 is 21.9 Å². The molecule has 0 atom stereocenters. The molecule has 0 bridgehead atoms. The van der Waals surface area contributed by atoms with E-state index in [2.05, 4.69) is 60.4 Å². The van der Waals surface area contributed by atoms with Gasteiger partial charge in [0.2, 0.25) is 0 Å². The predicted octanol–water partition coefficient (Wildman–Crippen LogP) is 4.49. The van der Waals surface area contributed by atoms with E-state index in [0.29, 0.717) is 0 Å². The lowest BCUT2D eigenvalue weighted by Crippen LogP contribution is -2.14. The van der Waals surface area contributed by atoms with Crippen molar-refractivity contribution in [2.24, 2.45) is 0 Å². The van der Waals surface area contributed by atoms with Crippen LogP contribution in [0, 0.1) is 9.81 Å². The van der Waals surface area contributed by atoms with E-state index in [4.69, 9.17) is 0 Å². The minimum atomic E-state index is -3.42. The van der Waals surface area contributed by atoms with Gasteiger partial charge in [0, 0.05) is 24.4 Å². The van der Waals surface area contributed by atoms with Crippen LogP contribution in [0.15, 0.2) is 81.4 Å². The van der Waals surface area contributed by atoms with Crippen molar-refractivity contribution in [3.8, 4) is 0 Å². The maximum absolute atomic E-state index is 11.4. The van der Waals surface area contributed by atoms with Crippen molar-refractivity contribution in [2.75, 3.05) is 0 Å². The molecule has 1 aliphatic rings. The monoisotopic (exact) mass is 398 g/mol. The Labute approximate surface area is 146 Å². The first-order valence-electron chi connectivity index (χ1n) is 5.84. The first-order valence-corrected chi connectivity index (χ1v) is 6.66. The Kier molecular flexibility index (Phi) is 8.67. The second-order valence-electron chi connectivity index (χ2n) is 3.24. The number of hydrogen-bond acceptors (Lipinski definition) is 11. The second-order valence-corrected chi connectivity index (χ2v) is 3.91. The molecule has 136 valence electrons. The van der Waals surface area contributed by atoms with Gasteiger partial charge < -0.3 is 36.0 Å². The Hall–Kier alpha value is -2.93. The van der Waals surface area contributed by atoms with E-state index in [-0.39, 0.29) is 9.81 Å². The lowest BCUT2D eigenvalue weighted by atomic mass is 11.1. The first-order chi connectivity index (χ1) is 11.9. The zero-order chi connectivity index (χ0) is 18.5. The van der Waals surface area contributed by atoms with Crippen LogP contribution in [0.3, 0.4) is 0 Å². The molecule has 0 amide bonds. The van der Waals surface area contributed by atoms with Crippen molar-refractivity contribution in [1.29, 1.82) is 0 Å². The molecule has 4 heterocycles. The molecule has 0 saturated carbocycles. The molecule has 0 fully saturated rings. The van der Waals surface area contributed by atoms with Gasteiger partial charge in [-0.2, -0.15) is 0 Å². The molecule has 3 aromatic rings. The number of ether oxygens (including phenoxy) is 2. The molecule has 13 heteroatoms.